The van der Waals surface area contributed by atoms with E-state index in [4.69, 9.17) is 20.1 Å². The first kappa shape index (κ1) is 23.2. The normalized spacial score (nSPS) is 29.4. The summed E-state index contributed by atoms with van der Waals surface area (Å²) >= 11 is 0. The van der Waals surface area contributed by atoms with Gasteiger partial charge < -0.3 is 30.7 Å². The average molecular weight is 458 g/mol. The van der Waals surface area contributed by atoms with Crippen molar-refractivity contribution in [2.24, 2.45) is 4.99 Å². The molecule has 0 aliphatic carbocycles. The fourth-order valence-corrected chi connectivity index (χ4v) is 4.34. The standard InChI is InChI=1S/C16H23N6O8P/c1-8(15(25)26)21-31(27,28)29-5-10-12(23)13(24)16(30-10,6-18-2)11-4-3-9-14(17)19-7-20-22(9)11/h3-4,6-8,10,12-13,23-24H,5H2,1-2H3,(H,25,26)(H2,17,19,20)(H2,21,27,28)/t8?,10-,12-,13-,16+/m1/s1. The van der Waals surface area contributed by atoms with Crippen LogP contribution in [0.5, 0.6) is 0 Å². The molecule has 15 heteroatoms. The first-order chi connectivity index (χ1) is 14.5. The third kappa shape index (κ3) is 4.32. The SMILES string of the molecule is CN=C[C@@]1(c2ccc3c(N)ncnn23)O[C@H](COP(=O)(O)NC(C)C(=O)O)[C@@H](O)[C@H]1O. The highest BCUT2D eigenvalue weighted by Crippen LogP contribution is 2.43. The molecule has 3 rings (SSSR count). The lowest BCUT2D eigenvalue weighted by atomic mass is 9.92. The molecule has 0 aromatic carbocycles. The van der Waals surface area contributed by atoms with Crippen molar-refractivity contribution in [2.45, 2.75) is 36.9 Å². The Bertz CT molecular complexity index is 1050. The minimum absolute atomic E-state index is 0.178. The highest BCUT2D eigenvalue weighted by molar-refractivity contribution is 7.50. The number of fused-ring (bicyclic) bond motifs is 1. The Labute approximate surface area is 175 Å². The Morgan fingerprint density at radius 1 is 1.55 bits per heavy atom. The van der Waals surface area contributed by atoms with Crippen molar-refractivity contribution in [2.75, 3.05) is 19.4 Å². The van der Waals surface area contributed by atoms with Gasteiger partial charge in [0.25, 0.3) is 0 Å². The molecule has 3 heterocycles. The van der Waals surface area contributed by atoms with E-state index in [1.807, 2.05) is 5.09 Å². The Morgan fingerprint density at radius 2 is 2.26 bits per heavy atom. The summed E-state index contributed by atoms with van der Waals surface area (Å²) in [5.41, 5.74) is 4.87. The largest absolute Gasteiger partial charge is 0.480 e. The lowest BCUT2D eigenvalue weighted by molar-refractivity contribution is -0.138. The average Bonchev–Trinajstić information content (AvgIpc) is 3.23. The molecule has 2 aromatic heterocycles. The van der Waals surface area contributed by atoms with Crippen LogP contribution in [0.1, 0.15) is 12.6 Å². The van der Waals surface area contributed by atoms with Crippen LogP contribution in [-0.2, 0) is 24.2 Å². The summed E-state index contributed by atoms with van der Waals surface area (Å²) < 4.78 is 24.2. The number of hydrogen-bond donors (Lipinski definition) is 6. The van der Waals surface area contributed by atoms with E-state index < -0.39 is 50.3 Å². The van der Waals surface area contributed by atoms with Crippen LogP contribution in [0.2, 0.25) is 0 Å². The molecule has 7 N–H and O–H groups in total. The van der Waals surface area contributed by atoms with Crippen molar-refractivity contribution in [1.82, 2.24) is 19.7 Å². The number of ether oxygens (including phenoxy) is 1. The molecule has 170 valence electrons. The summed E-state index contributed by atoms with van der Waals surface area (Å²) in [6, 6.07) is 1.80. The smallest absolute Gasteiger partial charge is 0.403 e. The number of hydrogen-bond acceptors (Lipinski definition) is 10. The van der Waals surface area contributed by atoms with Crippen molar-refractivity contribution in [3.05, 3.63) is 24.2 Å². The molecule has 2 aromatic rings. The van der Waals surface area contributed by atoms with Gasteiger partial charge in [0.15, 0.2) is 11.4 Å². The summed E-state index contributed by atoms with van der Waals surface area (Å²) in [7, 11) is -3.11. The fraction of sp³-hybridized carbons (Fsp3) is 0.500. The van der Waals surface area contributed by atoms with Crippen molar-refractivity contribution >= 4 is 31.3 Å². The molecule has 2 unspecified atom stereocenters. The molecule has 6 atom stereocenters. The number of aliphatic hydroxyl groups is 2. The van der Waals surface area contributed by atoms with Gasteiger partial charge in [-0.15, -0.1) is 0 Å². The zero-order chi connectivity index (χ0) is 23.0. The van der Waals surface area contributed by atoms with E-state index in [-0.39, 0.29) is 11.5 Å². The van der Waals surface area contributed by atoms with E-state index in [1.54, 1.807) is 12.1 Å². The quantitative estimate of drug-likeness (QED) is 0.197. The molecule has 1 saturated heterocycles. The second kappa shape index (κ2) is 8.59. The van der Waals surface area contributed by atoms with Gasteiger partial charge in [-0.2, -0.15) is 5.10 Å². The summed E-state index contributed by atoms with van der Waals surface area (Å²) in [6.45, 7) is 0.526. The Hall–Kier alpha value is -2.45. The van der Waals surface area contributed by atoms with E-state index >= 15 is 0 Å². The van der Waals surface area contributed by atoms with E-state index in [9.17, 15) is 24.5 Å². The van der Waals surface area contributed by atoms with Crippen molar-refractivity contribution in [1.29, 1.82) is 0 Å². The van der Waals surface area contributed by atoms with Crippen molar-refractivity contribution in [3.63, 3.8) is 0 Å². The van der Waals surface area contributed by atoms with Crippen LogP contribution in [-0.4, -0.2) is 85.0 Å². The van der Waals surface area contributed by atoms with Crippen molar-refractivity contribution < 1.29 is 38.8 Å². The molecule has 1 aliphatic heterocycles. The minimum atomic E-state index is -4.54. The summed E-state index contributed by atoms with van der Waals surface area (Å²) in [6.07, 6.45) is -1.88. The van der Waals surface area contributed by atoms with Gasteiger partial charge in [0, 0.05) is 13.3 Å². The van der Waals surface area contributed by atoms with Crippen molar-refractivity contribution in [3.8, 4) is 0 Å². The molecule has 1 fully saturated rings. The second-order valence-electron chi connectivity index (χ2n) is 6.94. The number of nitrogens with one attached hydrogen (secondary N) is 1. The van der Waals surface area contributed by atoms with Gasteiger partial charge in [0.1, 0.15) is 36.2 Å². The van der Waals surface area contributed by atoms with Crippen LogP contribution in [0.3, 0.4) is 0 Å². The summed E-state index contributed by atoms with van der Waals surface area (Å²) in [4.78, 5) is 28.5. The van der Waals surface area contributed by atoms with Crippen LogP contribution in [0, 0.1) is 0 Å². The maximum atomic E-state index is 12.1. The minimum Gasteiger partial charge on any atom is -0.480 e. The zero-order valence-electron chi connectivity index (χ0n) is 16.6. The van der Waals surface area contributed by atoms with Gasteiger partial charge in [-0.05, 0) is 19.1 Å². The van der Waals surface area contributed by atoms with E-state index in [0.29, 0.717) is 5.52 Å². The molecule has 0 bridgehead atoms. The molecular weight excluding hydrogens is 435 g/mol. The molecule has 0 amide bonds. The Kier molecular flexibility index (Phi) is 6.43. The zero-order valence-corrected chi connectivity index (χ0v) is 17.5. The van der Waals surface area contributed by atoms with Crippen LogP contribution >= 0.6 is 7.75 Å². The van der Waals surface area contributed by atoms with Crippen LogP contribution in [0.25, 0.3) is 5.52 Å². The molecule has 0 spiro atoms. The van der Waals surface area contributed by atoms with E-state index in [0.717, 1.165) is 6.92 Å². The van der Waals surface area contributed by atoms with Gasteiger partial charge in [0.05, 0.1) is 12.3 Å². The summed E-state index contributed by atoms with van der Waals surface area (Å²) in [5, 5.41) is 36.3. The first-order valence-corrected chi connectivity index (χ1v) is 10.6. The molecule has 0 saturated carbocycles. The second-order valence-corrected chi connectivity index (χ2v) is 8.50. The van der Waals surface area contributed by atoms with Gasteiger partial charge in [-0.25, -0.2) is 19.2 Å². The number of anilines is 1. The summed E-state index contributed by atoms with van der Waals surface area (Å²) in [5.74, 6) is -1.18. The Morgan fingerprint density at radius 3 is 2.90 bits per heavy atom. The number of nitrogens with two attached hydrogens (primary N) is 1. The van der Waals surface area contributed by atoms with Crippen LogP contribution in [0.4, 0.5) is 5.82 Å². The number of nitrogens with zero attached hydrogens (tertiary/aromatic N) is 4. The third-order valence-electron chi connectivity index (χ3n) is 4.83. The highest BCUT2D eigenvalue weighted by atomic mass is 31.2. The van der Waals surface area contributed by atoms with Gasteiger partial charge in [-0.3, -0.25) is 14.3 Å². The number of carbonyl (C=O) groups is 1. The lowest BCUT2D eigenvalue weighted by Gasteiger charge is -2.27. The fourth-order valence-electron chi connectivity index (χ4n) is 3.32. The topological polar surface area (TPSA) is 214 Å². The van der Waals surface area contributed by atoms with Gasteiger partial charge in [0.2, 0.25) is 0 Å². The molecular formula is C16H23N6O8P. The molecule has 14 nitrogen and oxygen atoms in total. The van der Waals surface area contributed by atoms with Crippen LogP contribution in [0.15, 0.2) is 23.5 Å². The van der Waals surface area contributed by atoms with E-state index in [2.05, 4.69) is 15.1 Å². The number of rotatable bonds is 8. The number of aliphatic imine (C=N–C) groups is 1. The number of aromatic nitrogens is 3. The lowest BCUT2D eigenvalue weighted by Crippen LogP contribution is -2.43. The number of nitrogen functional groups attached to an aromatic ring is 1. The number of carboxylic acid groups (broad SMARTS) is 1. The van der Waals surface area contributed by atoms with Crippen LogP contribution < -0.4 is 10.8 Å². The number of aliphatic carboxylic acids is 1. The Balaban J connectivity index is 1.88. The maximum Gasteiger partial charge on any atom is 0.403 e. The highest BCUT2D eigenvalue weighted by Gasteiger charge is 2.56. The van der Waals surface area contributed by atoms with E-state index in [1.165, 1.54) is 24.1 Å². The maximum absolute atomic E-state index is 12.1. The molecule has 1 aliphatic rings. The number of carboxylic acids is 1. The predicted molar refractivity (Wildman–Crippen MR) is 106 cm³/mol. The van der Waals surface area contributed by atoms with Gasteiger partial charge in [-0.1, -0.05) is 0 Å². The number of aliphatic hydroxyl groups excluding tert-OH is 2. The molecule has 0 radical (unpaired) electrons. The third-order valence-corrected chi connectivity index (χ3v) is 6.05. The molecule has 31 heavy (non-hydrogen) atoms. The monoisotopic (exact) mass is 458 g/mol. The first-order valence-electron chi connectivity index (χ1n) is 9.06. The van der Waals surface area contributed by atoms with Gasteiger partial charge >= 0.3 is 13.7 Å². The predicted octanol–water partition coefficient (Wildman–Crippen LogP) is -1.49.